The summed E-state index contributed by atoms with van der Waals surface area (Å²) in [5.74, 6) is -1.22. The van der Waals surface area contributed by atoms with Crippen LogP contribution in [0.2, 0.25) is 5.02 Å². The Morgan fingerprint density at radius 2 is 1.68 bits per heavy atom. The van der Waals surface area contributed by atoms with Gasteiger partial charge < -0.3 is 9.47 Å². The number of para-hydroxylation sites is 1. The fraction of sp³-hybridized carbons (Fsp3) is 0.174. The van der Waals surface area contributed by atoms with Crippen molar-refractivity contribution in [1.82, 2.24) is 9.55 Å². The molecule has 0 N–H and O–H groups in total. The van der Waals surface area contributed by atoms with E-state index in [1.165, 1.54) is 11.3 Å². The number of carbonyl (C=O) groups is 2. The Balaban J connectivity index is 2.03. The SMILES string of the molecule is CCOC(=O)c1cc(-c2ccc(Cl)cc2)n(-c2nc3ccccc3s2)c1C(=O)OCC. The summed E-state index contributed by atoms with van der Waals surface area (Å²) in [5, 5.41) is 1.13. The maximum Gasteiger partial charge on any atom is 0.356 e. The van der Waals surface area contributed by atoms with Crippen molar-refractivity contribution in [2.75, 3.05) is 13.2 Å². The van der Waals surface area contributed by atoms with Crippen LogP contribution in [0.4, 0.5) is 0 Å². The number of hydrogen-bond donors (Lipinski definition) is 0. The molecule has 2 aromatic heterocycles. The van der Waals surface area contributed by atoms with Crippen molar-refractivity contribution in [2.45, 2.75) is 13.8 Å². The summed E-state index contributed by atoms with van der Waals surface area (Å²) in [5.41, 5.74) is 2.39. The maximum atomic E-state index is 13.0. The molecule has 0 radical (unpaired) electrons. The average Bonchev–Trinajstić information content (AvgIpc) is 3.36. The molecule has 0 saturated carbocycles. The fourth-order valence-corrected chi connectivity index (χ4v) is 4.38. The lowest BCUT2D eigenvalue weighted by Crippen LogP contribution is -2.17. The number of benzene rings is 2. The van der Waals surface area contributed by atoms with Gasteiger partial charge in [-0.1, -0.05) is 47.2 Å². The summed E-state index contributed by atoms with van der Waals surface area (Å²) in [7, 11) is 0. The van der Waals surface area contributed by atoms with Crippen molar-refractivity contribution >= 4 is 45.1 Å². The number of rotatable bonds is 6. The molecule has 0 bridgehead atoms. The van der Waals surface area contributed by atoms with Gasteiger partial charge in [0, 0.05) is 5.02 Å². The van der Waals surface area contributed by atoms with E-state index in [2.05, 4.69) is 0 Å². The molecule has 0 aliphatic heterocycles. The van der Waals surface area contributed by atoms with Crippen LogP contribution in [0.5, 0.6) is 0 Å². The second-order valence-corrected chi connectivity index (χ2v) is 7.98. The van der Waals surface area contributed by atoms with Gasteiger partial charge in [-0.3, -0.25) is 4.57 Å². The van der Waals surface area contributed by atoms with E-state index in [1.54, 1.807) is 36.6 Å². The van der Waals surface area contributed by atoms with Crippen molar-refractivity contribution in [3.63, 3.8) is 0 Å². The van der Waals surface area contributed by atoms with Crippen molar-refractivity contribution in [3.8, 4) is 16.4 Å². The Morgan fingerprint density at radius 3 is 2.35 bits per heavy atom. The average molecular weight is 455 g/mol. The number of nitrogens with zero attached hydrogens (tertiary/aromatic N) is 2. The van der Waals surface area contributed by atoms with Crippen LogP contribution >= 0.6 is 22.9 Å². The number of esters is 2. The molecule has 0 aliphatic carbocycles. The van der Waals surface area contributed by atoms with Crippen LogP contribution in [0.3, 0.4) is 0 Å². The highest BCUT2D eigenvalue weighted by Crippen LogP contribution is 2.35. The van der Waals surface area contributed by atoms with Crippen LogP contribution in [0.15, 0.2) is 54.6 Å². The van der Waals surface area contributed by atoms with Crippen molar-refractivity contribution in [2.24, 2.45) is 0 Å². The highest BCUT2D eigenvalue weighted by molar-refractivity contribution is 7.20. The van der Waals surface area contributed by atoms with Crippen molar-refractivity contribution < 1.29 is 19.1 Å². The number of ether oxygens (including phenoxy) is 2. The van der Waals surface area contributed by atoms with Crippen LogP contribution in [-0.2, 0) is 9.47 Å². The standard InChI is InChI=1S/C23H19ClN2O4S/c1-3-29-21(27)16-13-18(14-9-11-15(24)12-10-14)26(20(16)22(28)30-4-2)23-25-17-7-5-6-8-19(17)31-23/h5-13H,3-4H2,1-2H3. The summed E-state index contributed by atoms with van der Waals surface area (Å²) < 4.78 is 13.1. The molecule has 0 aliphatic rings. The van der Waals surface area contributed by atoms with Gasteiger partial charge in [-0.15, -0.1) is 0 Å². The number of thiazole rings is 1. The summed E-state index contributed by atoms with van der Waals surface area (Å²) in [6.45, 7) is 3.78. The van der Waals surface area contributed by atoms with Gasteiger partial charge in [0.1, 0.15) is 5.69 Å². The van der Waals surface area contributed by atoms with Gasteiger partial charge >= 0.3 is 11.9 Å². The van der Waals surface area contributed by atoms with Gasteiger partial charge in [0.05, 0.1) is 34.7 Å². The smallest absolute Gasteiger partial charge is 0.356 e. The van der Waals surface area contributed by atoms with E-state index in [0.717, 1.165) is 15.8 Å². The quantitative estimate of drug-likeness (QED) is 0.346. The molecule has 0 atom stereocenters. The molecule has 0 spiro atoms. The molecular weight excluding hydrogens is 436 g/mol. The van der Waals surface area contributed by atoms with Gasteiger partial charge in [-0.05, 0) is 49.7 Å². The van der Waals surface area contributed by atoms with E-state index < -0.39 is 11.9 Å². The number of hydrogen-bond acceptors (Lipinski definition) is 6. The van der Waals surface area contributed by atoms with Crippen LogP contribution in [-0.4, -0.2) is 34.7 Å². The van der Waals surface area contributed by atoms with E-state index in [1.807, 2.05) is 36.4 Å². The Morgan fingerprint density at radius 1 is 1.00 bits per heavy atom. The molecule has 2 aromatic carbocycles. The summed E-state index contributed by atoms with van der Waals surface area (Å²) in [6.07, 6.45) is 0. The van der Waals surface area contributed by atoms with Crippen LogP contribution < -0.4 is 0 Å². The topological polar surface area (TPSA) is 70.4 Å². The van der Waals surface area contributed by atoms with Gasteiger partial charge in [0.2, 0.25) is 0 Å². The molecule has 0 fully saturated rings. The molecule has 6 nitrogen and oxygen atoms in total. The third-order valence-electron chi connectivity index (χ3n) is 4.58. The van der Waals surface area contributed by atoms with Crippen LogP contribution in [0, 0.1) is 0 Å². The molecule has 0 amide bonds. The molecule has 4 rings (SSSR count). The Labute approximate surface area is 188 Å². The molecule has 2 heterocycles. The van der Waals surface area contributed by atoms with E-state index in [-0.39, 0.29) is 24.5 Å². The van der Waals surface area contributed by atoms with Gasteiger partial charge in [0.15, 0.2) is 5.13 Å². The second-order valence-electron chi connectivity index (χ2n) is 6.54. The van der Waals surface area contributed by atoms with Gasteiger partial charge in [0.25, 0.3) is 0 Å². The van der Waals surface area contributed by atoms with Gasteiger partial charge in [-0.25, -0.2) is 14.6 Å². The molecule has 0 unspecified atom stereocenters. The van der Waals surface area contributed by atoms with E-state index in [0.29, 0.717) is 15.8 Å². The first-order valence-electron chi connectivity index (χ1n) is 9.75. The second kappa shape index (κ2) is 8.91. The molecule has 4 aromatic rings. The Hall–Kier alpha value is -3.16. The maximum absolute atomic E-state index is 13.0. The van der Waals surface area contributed by atoms with Crippen LogP contribution in [0.25, 0.3) is 26.6 Å². The molecule has 8 heteroatoms. The zero-order valence-electron chi connectivity index (χ0n) is 16.9. The highest BCUT2D eigenvalue weighted by atomic mass is 35.5. The number of halogens is 1. The highest BCUT2D eigenvalue weighted by Gasteiger charge is 2.30. The minimum Gasteiger partial charge on any atom is -0.462 e. The zero-order valence-corrected chi connectivity index (χ0v) is 18.5. The van der Waals surface area contributed by atoms with Crippen molar-refractivity contribution in [3.05, 3.63) is 70.9 Å². The largest absolute Gasteiger partial charge is 0.462 e. The summed E-state index contributed by atoms with van der Waals surface area (Å²) in [4.78, 5) is 30.4. The van der Waals surface area contributed by atoms with E-state index in [4.69, 9.17) is 26.1 Å². The lowest BCUT2D eigenvalue weighted by molar-refractivity contribution is 0.0473. The lowest BCUT2D eigenvalue weighted by atomic mass is 10.1. The molecular formula is C23H19ClN2O4S. The third kappa shape index (κ3) is 4.06. The van der Waals surface area contributed by atoms with Crippen molar-refractivity contribution in [1.29, 1.82) is 0 Å². The van der Waals surface area contributed by atoms with E-state index in [9.17, 15) is 9.59 Å². The predicted octanol–water partition coefficient (Wildman–Crippen LogP) is 5.76. The van der Waals surface area contributed by atoms with Crippen LogP contribution in [0.1, 0.15) is 34.7 Å². The number of fused-ring (bicyclic) bond motifs is 1. The molecule has 158 valence electrons. The minimum atomic E-state index is -0.620. The number of aromatic nitrogens is 2. The van der Waals surface area contributed by atoms with Gasteiger partial charge in [-0.2, -0.15) is 0 Å². The molecule has 0 saturated heterocycles. The van der Waals surface area contributed by atoms with E-state index >= 15 is 0 Å². The monoisotopic (exact) mass is 454 g/mol. The third-order valence-corrected chi connectivity index (χ3v) is 5.85. The first kappa shape index (κ1) is 21.1. The first-order valence-corrected chi connectivity index (χ1v) is 10.9. The summed E-state index contributed by atoms with van der Waals surface area (Å²) >= 11 is 7.48. The lowest BCUT2D eigenvalue weighted by Gasteiger charge is -2.11. The Kier molecular flexibility index (Phi) is 6.06. The normalized spacial score (nSPS) is 10.9. The Bertz CT molecular complexity index is 1230. The predicted molar refractivity (Wildman–Crippen MR) is 121 cm³/mol. The summed E-state index contributed by atoms with van der Waals surface area (Å²) in [6, 6.07) is 16.5. The zero-order chi connectivity index (χ0) is 22.0. The number of carbonyl (C=O) groups excluding carboxylic acids is 2. The fourth-order valence-electron chi connectivity index (χ4n) is 3.26. The molecule has 31 heavy (non-hydrogen) atoms. The minimum absolute atomic E-state index is 0.0873. The first-order chi connectivity index (χ1) is 15.0.